The molecular formula is C26H39N5O6. The number of fused-ring (bicyclic) bond motifs is 1. The van der Waals surface area contributed by atoms with Gasteiger partial charge in [0.05, 0.1) is 12.1 Å². The van der Waals surface area contributed by atoms with Crippen LogP contribution < -0.4 is 21.7 Å². The SMILES string of the molecule is CC(C)CC(NC(=O)C(N)Cc1c[nH]c2ccccc12)C(=O)NC(C(=O)NC(C(=O)O)C(C)O)C(C)C. The Morgan fingerprint density at radius 1 is 0.919 bits per heavy atom. The highest BCUT2D eigenvalue weighted by molar-refractivity contribution is 5.94. The first kappa shape index (κ1) is 29.8. The maximum absolute atomic E-state index is 13.2. The van der Waals surface area contributed by atoms with Crippen LogP contribution in [0.2, 0.25) is 0 Å². The van der Waals surface area contributed by atoms with Gasteiger partial charge in [0.1, 0.15) is 12.1 Å². The summed E-state index contributed by atoms with van der Waals surface area (Å²) in [5, 5.41) is 27.5. The van der Waals surface area contributed by atoms with Crippen molar-refractivity contribution in [2.45, 2.75) is 77.7 Å². The molecule has 1 heterocycles. The van der Waals surface area contributed by atoms with Crippen LogP contribution in [0.5, 0.6) is 0 Å². The Kier molecular flexibility index (Phi) is 10.6. The topological polar surface area (TPSA) is 187 Å². The number of amides is 3. The number of aliphatic hydroxyl groups excluding tert-OH is 1. The number of rotatable bonds is 13. The van der Waals surface area contributed by atoms with Gasteiger partial charge < -0.3 is 36.9 Å². The molecule has 1 aromatic heterocycles. The number of hydrogen-bond acceptors (Lipinski definition) is 6. The Morgan fingerprint density at radius 3 is 2.11 bits per heavy atom. The molecule has 0 aliphatic heterocycles. The molecule has 8 N–H and O–H groups in total. The summed E-state index contributed by atoms with van der Waals surface area (Å²) in [5.41, 5.74) is 8.00. The van der Waals surface area contributed by atoms with Crippen LogP contribution >= 0.6 is 0 Å². The molecule has 0 fully saturated rings. The molecule has 0 radical (unpaired) electrons. The van der Waals surface area contributed by atoms with E-state index in [-0.39, 0.29) is 12.3 Å². The fourth-order valence-corrected chi connectivity index (χ4v) is 4.03. The second-order valence-corrected chi connectivity index (χ2v) is 10.2. The number of nitrogens with two attached hydrogens (primary N) is 1. The molecule has 0 bridgehead atoms. The third-order valence-electron chi connectivity index (χ3n) is 6.08. The molecular weight excluding hydrogens is 478 g/mol. The van der Waals surface area contributed by atoms with E-state index >= 15 is 0 Å². The summed E-state index contributed by atoms with van der Waals surface area (Å²) in [4.78, 5) is 53.4. The first-order chi connectivity index (χ1) is 17.3. The van der Waals surface area contributed by atoms with Crippen molar-refractivity contribution in [3.8, 4) is 0 Å². The molecule has 0 aliphatic carbocycles. The highest BCUT2D eigenvalue weighted by atomic mass is 16.4. The average molecular weight is 518 g/mol. The van der Waals surface area contributed by atoms with E-state index in [1.165, 1.54) is 6.92 Å². The van der Waals surface area contributed by atoms with E-state index in [4.69, 9.17) is 5.73 Å². The van der Waals surface area contributed by atoms with E-state index in [0.717, 1.165) is 16.5 Å². The fraction of sp³-hybridized carbons (Fsp3) is 0.538. The van der Waals surface area contributed by atoms with Gasteiger partial charge in [0.25, 0.3) is 0 Å². The standard InChI is InChI=1S/C26H39N5O6/c1-13(2)10-20(24(34)30-21(14(3)4)25(35)31-22(15(5)32)26(36)37)29-23(33)18(27)11-16-12-28-19-9-7-6-8-17(16)19/h6-9,12-15,18,20-22,28,32H,10-11,27H2,1-5H3,(H,29,33)(H,30,34)(H,31,35)(H,36,37). The Balaban J connectivity index is 2.12. The van der Waals surface area contributed by atoms with Gasteiger partial charge in [-0.05, 0) is 43.2 Å². The monoisotopic (exact) mass is 517 g/mol. The highest BCUT2D eigenvalue weighted by Gasteiger charge is 2.33. The normalized spacial score (nSPS) is 15.6. The second kappa shape index (κ2) is 13.2. The van der Waals surface area contributed by atoms with Crippen LogP contribution in [0.15, 0.2) is 30.5 Å². The number of benzene rings is 1. The average Bonchev–Trinajstić information content (AvgIpc) is 3.21. The minimum Gasteiger partial charge on any atom is -0.480 e. The van der Waals surface area contributed by atoms with Crippen molar-refractivity contribution in [2.75, 3.05) is 0 Å². The van der Waals surface area contributed by atoms with Crippen molar-refractivity contribution in [3.05, 3.63) is 36.0 Å². The summed E-state index contributed by atoms with van der Waals surface area (Å²) in [6, 6.07) is 3.19. The van der Waals surface area contributed by atoms with E-state index in [1.54, 1.807) is 20.0 Å². The van der Waals surface area contributed by atoms with Crippen molar-refractivity contribution < 1.29 is 29.4 Å². The van der Waals surface area contributed by atoms with Crippen LogP contribution in [-0.2, 0) is 25.6 Å². The molecule has 2 aromatic rings. The maximum atomic E-state index is 13.2. The largest absolute Gasteiger partial charge is 0.480 e. The van der Waals surface area contributed by atoms with E-state index < -0.39 is 59.9 Å². The second-order valence-electron chi connectivity index (χ2n) is 10.2. The third kappa shape index (κ3) is 8.29. The number of carbonyl (C=O) groups excluding carboxylic acids is 3. The van der Waals surface area contributed by atoms with Gasteiger partial charge in [-0.2, -0.15) is 0 Å². The fourth-order valence-electron chi connectivity index (χ4n) is 4.03. The number of hydrogen-bond donors (Lipinski definition) is 7. The molecule has 11 heteroatoms. The number of aliphatic carboxylic acids is 1. The van der Waals surface area contributed by atoms with Crippen molar-refractivity contribution >= 4 is 34.6 Å². The molecule has 3 amide bonds. The third-order valence-corrected chi connectivity index (χ3v) is 6.08. The molecule has 0 aliphatic rings. The number of carboxylic acids is 1. The lowest BCUT2D eigenvalue weighted by Gasteiger charge is -2.28. The van der Waals surface area contributed by atoms with Crippen LogP contribution in [-0.4, -0.2) is 69.2 Å². The summed E-state index contributed by atoms with van der Waals surface area (Å²) in [7, 11) is 0. The molecule has 0 saturated carbocycles. The zero-order chi connectivity index (χ0) is 27.9. The predicted octanol–water partition coefficient (Wildman–Crippen LogP) is 0.660. The molecule has 0 spiro atoms. The molecule has 5 atom stereocenters. The minimum absolute atomic E-state index is 0.0406. The van der Waals surface area contributed by atoms with E-state index in [9.17, 15) is 29.4 Å². The summed E-state index contributed by atoms with van der Waals surface area (Å²) in [6.45, 7) is 8.41. The molecule has 37 heavy (non-hydrogen) atoms. The molecule has 1 aromatic carbocycles. The van der Waals surface area contributed by atoms with Crippen molar-refractivity contribution in [1.82, 2.24) is 20.9 Å². The van der Waals surface area contributed by atoms with E-state index in [2.05, 4.69) is 20.9 Å². The number of para-hydroxylation sites is 1. The van der Waals surface area contributed by atoms with Crippen LogP contribution in [0.1, 0.15) is 46.6 Å². The van der Waals surface area contributed by atoms with Gasteiger partial charge in [0.2, 0.25) is 17.7 Å². The number of aliphatic hydroxyl groups is 1. The number of aromatic nitrogens is 1. The Labute approximate surface area is 216 Å². The predicted molar refractivity (Wildman–Crippen MR) is 139 cm³/mol. The van der Waals surface area contributed by atoms with Crippen LogP contribution in [0.4, 0.5) is 0 Å². The summed E-state index contributed by atoms with van der Waals surface area (Å²) in [6.07, 6.45) is 1.03. The zero-order valence-electron chi connectivity index (χ0n) is 21.9. The number of H-pyrrole nitrogens is 1. The van der Waals surface area contributed by atoms with E-state index in [1.807, 2.05) is 38.1 Å². The molecule has 0 saturated heterocycles. The highest BCUT2D eigenvalue weighted by Crippen LogP contribution is 2.19. The van der Waals surface area contributed by atoms with Crippen LogP contribution in [0, 0.1) is 11.8 Å². The number of aromatic amines is 1. The molecule has 2 rings (SSSR count). The van der Waals surface area contributed by atoms with Crippen LogP contribution in [0.3, 0.4) is 0 Å². The van der Waals surface area contributed by atoms with Crippen molar-refractivity contribution in [2.24, 2.45) is 17.6 Å². The van der Waals surface area contributed by atoms with Crippen molar-refractivity contribution in [1.29, 1.82) is 0 Å². The van der Waals surface area contributed by atoms with Gasteiger partial charge in [-0.25, -0.2) is 4.79 Å². The Bertz CT molecular complexity index is 1100. The van der Waals surface area contributed by atoms with Gasteiger partial charge >= 0.3 is 5.97 Å². The maximum Gasteiger partial charge on any atom is 0.328 e. The summed E-state index contributed by atoms with van der Waals surface area (Å²) < 4.78 is 0. The minimum atomic E-state index is -1.53. The zero-order valence-corrected chi connectivity index (χ0v) is 21.9. The Hall–Kier alpha value is -3.44. The molecule has 5 unspecified atom stereocenters. The Morgan fingerprint density at radius 2 is 1.54 bits per heavy atom. The lowest BCUT2D eigenvalue weighted by molar-refractivity contribution is -0.145. The van der Waals surface area contributed by atoms with Gasteiger partial charge in [-0.3, -0.25) is 14.4 Å². The molecule has 11 nitrogen and oxygen atoms in total. The molecule has 204 valence electrons. The number of carbonyl (C=O) groups is 4. The smallest absolute Gasteiger partial charge is 0.328 e. The summed E-state index contributed by atoms with van der Waals surface area (Å²) in [5.74, 6) is -3.59. The van der Waals surface area contributed by atoms with Crippen LogP contribution in [0.25, 0.3) is 10.9 Å². The quantitative estimate of drug-likeness (QED) is 0.203. The van der Waals surface area contributed by atoms with Gasteiger partial charge in [-0.1, -0.05) is 45.9 Å². The van der Waals surface area contributed by atoms with Gasteiger partial charge in [0, 0.05) is 17.1 Å². The number of carboxylic acid groups (broad SMARTS) is 1. The first-order valence-electron chi connectivity index (χ1n) is 12.4. The van der Waals surface area contributed by atoms with E-state index in [0.29, 0.717) is 6.42 Å². The van der Waals surface area contributed by atoms with Crippen molar-refractivity contribution in [3.63, 3.8) is 0 Å². The van der Waals surface area contributed by atoms with Gasteiger partial charge in [0.15, 0.2) is 6.04 Å². The van der Waals surface area contributed by atoms with Gasteiger partial charge in [-0.15, -0.1) is 0 Å². The first-order valence-corrected chi connectivity index (χ1v) is 12.4. The lowest BCUT2D eigenvalue weighted by Crippen LogP contribution is -2.59. The lowest BCUT2D eigenvalue weighted by atomic mass is 9.98. The summed E-state index contributed by atoms with van der Waals surface area (Å²) >= 11 is 0. The number of nitrogens with one attached hydrogen (secondary N) is 4.